The van der Waals surface area contributed by atoms with Gasteiger partial charge >= 0.3 is 5.97 Å². The smallest absolute Gasteiger partial charge is 0.335 e. The number of carbonyl (C=O) groups excluding carboxylic acids is 1. The van der Waals surface area contributed by atoms with Gasteiger partial charge in [-0.3, -0.25) is 4.79 Å². The van der Waals surface area contributed by atoms with E-state index in [1.165, 1.54) is 6.07 Å². The highest BCUT2D eigenvalue weighted by molar-refractivity contribution is 5.88. The van der Waals surface area contributed by atoms with Crippen LogP contribution in [0, 0.1) is 5.41 Å². The largest absolute Gasteiger partial charge is 0.478 e. The zero-order chi connectivity index (χ0) is 13.9. The summed E-state index contributed by atoms with van der Waals surface area (Å²) in [5, 5.41) is 11.8. The molecule has 1 unspecified atom stereocenters. The van der Waals surface area contributed by atoms with Gasteiger partial charge in [0.25, 0.3) is 0 Å². The minimum absolute atomic E-state index is 0.0595. The summed E-state index contributed by atoms with van der Waals surface area (Å²) in [6.45, 7) is 7.35. The molecule has 0 aromatic heterocycles. The molecule has 1 aromatic rings. The zero-order valence-corrected chi connectivity index (χ0v) is 11.2. The van der Waals surface area contributed by atoms with Crippen molar-refractivity contribution in [2.45, 2.75) is 33.7 Å². The third-order valence-electron chi connectivity index (χ3n) is 2.66. The third-order valence-corrected chi connectivity index (χ3v) is 2.66. The number of carbonyl (C=O) groups is 2. The predicted molar refractivity (Wildman–Crippen MR) is 69.4 cm³/mol. The van der Waals surface area contributed by atoms with E-state index in [4.69, 9.17) is 5.11 Å². The van der Waals surface area contributed by atoms with Crippen LogP contribution in [0.1, 0.15) is 49.7 Å². The van der Waals surface area contributed by atoms with Crippen molar-refractivity contribution in [3.05, 3.63) is 35.4 Å². The molecule has 0 aliphatic carbocycles. The van der Waals surface area contributed by atoms with E-state index in [1.807, 2.05) is 27.7 Å². The van der Waals surface area contributed by atoms with Gasteiger partial charge in [0, 0.05) is 5.41 Å². The van der Waals surface area contributed by atoms with Crippen LogP contribution in [0.4, 0.5) is 0 Å². The van der Waals surface area contributed by atoms with Gasteiger partial charge in [-0.15, -0.1) is 0 Å². The standard InChI is InChI=1S/C14H19NO3/c1-9(15-13(18)14(2,3)4)10-6-5-7-11(8-10)12(16)17/h5-9H,1-4H3,(H,15,18)(H,16,17). The number of carboxylic acid groups (broad SMARTS) is 1. The quantitative estimate of drug-likeness (QED) is 0.865. The van der Waals surface area contributed by atoms with E-state index in [0.29, 0.717) is 0 Å². The Labute approximate surface area is 107 Å². The van der Waals surface area contributed by atoms with Gasteiger partial charge in [0.15, 0.2) is 0 Å². The Kier molecular flexibility index (Phi) is 4.11. The van der Waals surface area contributed by atoms with Gasteiger partial charge in [-0.1, -0.05) is 32.9 Å². The molecule has 1 aromatic carbocycles. The van der Waals surface area contributed by atoms with Gasteiger partial charge in [0.2, 0.25) is 5.91 Å². The molecule has 0 saturated heterocycles. The normalized spacial score (nSPS) is 12.9. The topological polar surface area (TPSA) is 66.4 Å². The maximum atomic E-state index is 11.8. The molecule has 0 aliphatic heterocycles. The van der Waals surface area contributed by atoms with E-state index in [0.717, 1.165) is 5.56 Å². The molecule has 0 saturated carbocycles. The lowest BCUT2D eigenvalue weighted by atomic mass is 9.94. The Balaban J connectivity index is 2.85. The van der Waals surface area contributed by atoms with Gasteiger partial charge in [-0.25, -0.2) is 4.79 Å². The monoisotopic (exact) mass is 249 g/mol. The average molecular weight is 249 g/mol. The molecule has 2 N–H and O–H groups in total. The number of amides is 1. The van der Waals surface area contributed by atoms with Crippen LogP contribution in [-0.2, 0) is 4.79 Å². The molecular weight excluding hydrogens is 230 g/mol. The van der Waals surface area contributed by atoms with Crippen molar-refractivity contribution >= 4 is 11.9 Å². The second kappa shape index (κ2) is 5.21. The Morgan fingerprint density at radius 3 is 2.39 bits per heavy atom. The van der Waals surface area contributed by atoms with Crippen LogP contribution in [0.2, 0.25) is 0 Å². The Bertz CT molecular complexity index is 460. The molecule has 1 rings (SSSR count). The summed E-state index contributed by atoms with van der Waals surface area (Å²) in [4.78, 5) is 22.7. The fraction of sp³-hybridized carbons (Fsp3) is 0.429. The molecule has 1 amide bonds. The lowest BCUT2D eigenvalue weighted by Gasteiger charge is -2.22. The first kappa shape index (κ1) is 14.2. The summed E-state index contributed by atoms with van der Waals surface area (Å²) in [7, 11) is 0. The van der Waals surface area contributed by atoms with E-state index in [-0.39, 0.29) is 17.5 Å². The second-order valence-electron chi connectivity index (χ2n) is 5.38. The highest BCUT2D eigenvalue weighted by Gasteiger charge is 2.23. The zero-order valence-electron chi connectivity index (χ0n) is 11.2. The number of benzene rings is 1. The van der Waals surface area contributed by atoms with Crippen molar-refractivity contribution < 1.29 is 14.7 Å². The highest BCUT2D eigenvalue weighted by Crippen LogP contribution is 2.18. The number of carboxylic acids is 1. The number of hydrogen-bond donors (Lipinski definition) is 2. The maximum Gasteiger partial charge on any atom is 0.335 e. The van der Waals surface area contributed by atoms with Crippen molar-refractivity contribution in [3.63, 3.8) is 0 Å². The second-order valence-corrected chi connectivity index (χ2v) is 5.38. The molecule has 0 radical (unpaired) electrons. The van der Waals surface area contributed by atoms with Gasteiger partial charge in [0.1, 0.15) is 0 Å². The first-order valence-corrected chi connectivity index (χ1v) is 5.86. The molecule has 0 aliphatic rings. The maximum absolute atomic E-state index is 11.8. The lowest BCUT2D eigenvalue weighted by Crippen LogP contribution is -2.36. The Morgan fingerprint density at radius 2 is 1.89 bits per heavy atom. The van der Waals surface area contributed by atoms with Crippen molar-refractivity contribution in [1.29, 1.82) is 0 Å². The van der Waals surface area contributed by atoms with Crippen LogP contribution in [-0.4, -0.2) is 17.0 Å². The molecule has 4 nitrogen and oxygen atoms in total. The predicted octanol–water partition coefficient (Wildman–Crippen LogP) is 2.61. The molecular formula is C14H19NO3. The van der Waals surface area contributed by atoms with Crippen molar-refractivity contribution in [1.82, 2.24) is 5.32 Å². The van der Waals surface area contributed by atoms with Crippen LogP contribution in [0.3, 0.4) is 0 Å². The molecule has 98 valence electrons. The summed E-state index contributed by atoms with van der Waals surface area (Å²) >= 11 is 0. The van der Waals surface area contributed by atoms with Crippen molar-refractivity contribution in [2.24, 2.45) is 5.41 Å². The summed E-state index contributed by atoms with van der Waals surface area (Å²) < 4.78 is 0. The summed E-state index contributed by atoms with van der Waals surface area (Å²) in [6, 6.07) is 6.38. The van der Waals surface area contributed by atoms with E-state index in [9.17, 15) is 9.59 Å². The van der Waals surface area contributed by atoms with Crippen LogP contribution < -0.4 is 5.32 Å². The minimum Gasteiger partial charge on any atom is -0.478 e. The molecule has 18 heavy (non-hydrogen) atoms. The fourth-order valence-electron chi connectivity index (χ4n) is 1.44. The van der Waals surface area contributed by atoms with Crippen LogP contribution >= 0.6 is 0 Å². The van der Waals surface area contributed by atoms with Crippen LogP contribution in [0.5, 0.6) is 0 Å². The van der Waals surface area contributed by atoms with Gasteiger partial charge < -0.3 is 10.4 Å². The first-order chi connectivity index (χ1) is 8.21. The lowest BCUT2D eigenvalue weighted by molar-refractivity contribution is -0.129. The number of aromatic carboxylic acids is 1. The number of hydrogen-bond acceptors (Lipinski definition) is 2. The minimum atomic E-state index is -0.966. The molecule has 0 spiro atoms. The molecule has 1 atom stereocenters. The van der Waals surface area contributed by atoms with E-state index in [2.05, 4.69) is 5.32 Å². The Hall–Kier alpha value is -1.84. The van der Waals surface area contributed by atoms with E-state index < -0.39 is 11.4 Å². The van der Waals surface area contributed by atoms with E-state index in [1.54, 1.807) is 18.2 Å². The fourth-order valence-corrected chi connectivity index (χ4v) is 1.44. The number of rotatable bonds is 3. The summed E-state index contributed by atoms with van der Waals surface area (Å²) in [5.74, 6) is -1.03. The summed E-state index contributed by atoms with van der Waals surface area (Å²) in [5.41, 5.74) is 0.551. The van der Waals surface area contributed by atoms with Gasteiger partial charge in [0.05, 0.1) is 11.6 Å². The first-order valence-electron chi connectivity index (χ1n) is 5.86. The third kappa shape index (κ3) is 3.58. The Morgan fingerprint density at radius 1 is 1.28 bits per heavy atom. The van der Waals surface area contributed by atoms with Crippen molar-refractivity contribution in [3.8, 4) is 0 Å². The van der Waals surface area contributed by atoms with E-state index >= 15 is 0 Å². The van der Waals surface area contributed by atoms with Crippen LogP contribution in [0.25, 0.3) is 0 Å². The average Bonchev–Trinajstić information content (AvgIpc) is 2.27. The van der Waals surface area contributed by atoms with Gasteiger partial charge in [-0.2, -0.15) is 0 Å². The number of nitrogens with one attached hydrogen (secondary N) is 1. The van der Waals surface area contributed by atoms with Crippen LogP contribution in [0.15, 0.2) is 24.3 Å². The SMILES string of the molecule is CC(NC(=O)C(C)(C)C)c1cccc(C(=O)O)c1. The molecule has 0 bridgehead atoms. The van der Waals surface area contributed by atoms with Crippen molar-refractivity contribution in [2.75, 3.05) is 0 Å². The highest BCUT2D eigenvalue weighted by atomic mass is 16.4. The molecule has 4 heteroatoms. The molecule has 0 heterocycles. The van der Waals surface area contributed by atoms with Gasteiger partial charge in [-0.05, 0) is 24.6 Å². The molecule has 0 fully saturated rings. The summed E-state index contributed by atoms with van der Waals surface area (Å²) in [6.07, 6.45) is 0.